The number of anilines is 1. The summed E-state index contributed by atoms with van der Waals surface area (Å²) in [5.74, 6) is 2.20. The van der Waals surface area contributed by atoms with Crippen LogP contribution in [0.2, 0.25) is 0 Å². The molecule has 0 amide bonds. The molecule has 1 aliphatic rings. The quantitative estimate of drug-likeness (QED) is 0.826. The number of aliphatic hydroxyl groups is 1. The Labute approximate surface area is 94.5 Å². The number of hydrogen-bond acceptors (Lipinski definition) is 4. The zero-order valence-electron chi connectivity index (χ0n) is 8.89. The molecule has 1 aromatic rings. The summed E-state index contributed by atoms with van der Waals surface area (Å²) in [7, 11) is 0. The van der Waals surface area contributed by atoms with E-state index in [1.54, 1.807) is 6.20 Å². The van der Waals surface area contributed by atoms with Crippen LogP contribution < -0.4 is 4.90 Å². The van der Waals surface area contributed by atoms with Gasteiger partial charge in [0.2, 0.25) is 0 Å². The van der Waals surface area contributed by atoms with Crippen molar-refractivity contribution in [2.45, 2.75) is 18.8 Å². The van der Waals surface area contributed by atoms with E-state index in [0.717, 1.165) is 24.5 Å². The van der Waals surface area contributed by atoms with Gasteiger partial charge in [-0.15, -0.1) is 0 Å². The Balaban J connectivity index is 2.07. The highest BCUT2D eigenvalue weighted by Crippen LogP contribution is 2.22. The van der Waals surface area contributed by atoms with Gasteiger partial charge in [0, 0.05) is 30.3 Å². The molecule has 0 spiro atoms. The lowest BCUT2D eigenvalue weighted by Gasteiger charge is -2.31. The van der Waals surface area contributed by atoms with Crippen LogP contribution in [-0.4, -0.2) is 34.2 Å². The topological polar surface area (TPSA) is 36.4 Å². The van der Waals surface area contributed by atoms with Crippen LogP contribution in [-0.2, 0) is 6.61 Å². The van der Waals surface area contributed by atoms with Crippen LogP contribution in [0.25, 0.3) is 0 Å². The van der Waals surface area contributed by atoms with Crippen LogP contribution in [0.15, 0.2) is 18.3 Å². The molecular weight excluding hydrogens is 208 g/mol. The Morgan fingerprint density at radius 3 is 3.07 bits per heavy atom. The number of nitrogens with zero attached hydrogens (tertiary/aromatic N) is 2. The molecule has 0 aromatic carbocycles. The van der Waals surface area contributed by atoms with Gasteiger partial charge in [0.05, 0.1) is 6.61 Å². The van der Waals surface area contributed by atoms with Gasteiger partial charge < -0.3 is 10.0 Å². The first-order valence-electron chi connectivity index (χ1n) is 5.22. The number of hydrogen-bond donors (Lipinski definition) is 1. The van der Waals surface area contributed by atoms with Crippen LogP contribution >= 0.6 is 11.8 Å². The summed E-state index contributed by atoms with van der Waals surface area (Å²) < 4.78 is 0. The average Bonchev–Trinajstić information content (AvgIpc) is 2.29. The lowest BCUT2D eigenvalue weighted by molar-refractivity contribution is 0.281. The van der Waals surface area contributed by atoms with E-state index in [2.05, 4.69) is 16.8 Å². The molecule has 0 aliphatic carbocycles. The second-order valence-corrected chi connectivity index (χ2v) is 5.36. The van der Waals surface area contributed by atoms with E-state index in [9.17, 15) is 0 Å². The third-order valence-electron chi connectivity index (χ3n) is 2.56. The summed E-state index contributed by atoms with van der Waals surface area (Å²) in [4.78, 5) is 6.67. The van der Waals surface area contributed by atoms with Gasteiger partial charge in [-0.2, -0.15) is 11.8 Å². The molecule has 15 heavy (non-hydrogen) atoms. The zero-order chi connectivity index (χ0) is 10.7. The van der Waals surface area contributed by atoms with E-state index in [1.165, 1.54) is 5.75 Å². The SMILES string of the molecule is CC1CN(c2ccc(CO)cn2)CCS1. The van der Waals surface area contributed by atoms with Crippen LogP contribution in [0.4, 0.5) is 5.82 Å². The Kier molecular flexibility index (Phi) is 3.49. The van der Waals surface area contributed by atoms with Crippen LogP contribution in [0.1, 0.15) is 12.5 Å². The second kappa shape index (κ2) is 4.86. The third-order valence-corrected chi connectivity index (χ3v) is 3.69. The second-order valence-electron chi connectivity index (χ2n) is 3.81. The fraction of sp³-hybridized carbons (Fsp3) is 0.545. The highest BCUT2D eigenvalue weighted by atomic mass is 32.2. The average molecular weight is 224 g/mol. The first-order valence-corrected chi connectivity index (χ1v) is 6.27. The maximum absolute atomic E-state index is 8.92. The summed E-state index contributed by atoms with van der Waals surface area (Å²) in [6, 6.07) is 3.93. The first-order chi connectivity index (χ1) is 7.29. The molecule has 1 atom stereocenters. The lowest BCUT2D eigenvalue weighted by atomic mass is 10.3. The van der Waals surface area contributed by atoms with E-state index in [4.69, 9.17) is 5.11 Å². The normalized spacial score (nSPS) is 21.7. The minimum absolute atomic E-state index is 0.0690. The van der Waals surface area contributed by atoms with Crippen LogP contribution in [0.5, 0.6) is 0 Å². The summed E-state index contributed by atoms with van der Waals surface area (Å²) >= 11 is 2.01. The Hall–Kier alpha value is -0.740. The number of aromatic nitrogens is 1. The molecular formula is C11H16N2OS. The zero-order valence-corrected chi connectivity index (χ0v) is 9.70. The number of pyridine rings is 1. The standard InChI is InChI=1S/C11H16N2OS/c1-9-7-13(4-5-15-9)11-3-2-10(8-14)6-12-11/h2-3,6,9,14H,4-5,7-8H2,1H3. The van der Waals surface area contributed by atoms with Crippen LogP contribution in [0, 0.1) is 0 Å². The fourth-order valence-electron chi connectivity index (χ4n) is 1.72. The Morgan fingerprint density at radius 1 is 1.60 bits per heavy atom. The first kappa shape index (κ1) is 10.8. The van der Waals surface area contributed by atoms with E-state index < -0.39 is 0 Å². The van der Waals surface area contributed by atoms with Crippen LogP contribution in [0.3, 0.4) is 0 Å². The molecule has 1 N–H and O–H groups in total. The summed E-state index contributed by atoms with van der Waals surface area (Å²) in [5.41, 5.74) is 0.873. The van der Waals surface area contributed by atoms with Gasteiger partial charge in [0.1, 0.15) is 5.82 Å². The van der Waals surface area contributed by atoms with Crippen molar-refractivity contribution in [3.8, 4) is 0 Å². The van der Waals surface area contributed by atoms with Gasteiger partial charge >= 0.3 is 0 Å². The van der Waals surface area contributed by atoms with Gasteiger partial charge in [-0.1, -0.05) is 13.0 Å². The van der Waals surface area contributed by atoms with Crippen molar-refractivity contribution >= 4 is 17.6 Å². The number of aliphatic hydroxyl groups excluding tert-OH is 1. The fourth-order valence-corrected chi connectivity index (χ4v) is 2.74. The van der Waals surface area contributed by atoms with E-state index in [-0.39, 0.29) is 6.61 Å². The molecule has 1 fully saturated rings. The van der Waals surface area contributed by atoms with Gasteiger partial charge in [-0.25, -0.2) is 4.98 Å². The molecule has 1 aromatic heterocycles. The lowest BCUT2D eigenvalue weighted by Crippen LogP contribution is -2.37. The minimum Gasteiger partial charge on any atom is -0.392 e. The molecule has 2 heterocycles. The van der Waals surface area contributed by atoms with Gasteiger partial charge in [-0.3, -0.25) is 0 Å². The van der Waals surface area contributed by atoms with Crippen molar-refractivity contribution in [2.24, 2.45) is 0 Å². The highest BCUT2D eigenvalue weighted by molar-refractivity contribution is 8.00. The molecule has 4 heteroatoms. The molecule has 0 radical (unpaired) electrons. The predicted molar refractivity (Wildman–Crippen MR) is 64.3 cm³/mol. The molecule has 1 aliphatic heterocycles. The molecule has 1 unspecified atom stereocenters. The van der Waals surface area contributed by atoms with Crippen molar-refractivity contribution in [3.63, 3.8) is 0 Å². The summed E-state index contributed by atoms with van der Waals surface area (Å²) in [5, 5.41) is 9.60. The van der Waals surface area contributed by atoms with Crippen molar-refractivity contribution in [1.82, 2.24) is 4.98 Å². The van der Waals surface area contributed by atoms with Crippen molar-refractivity contribution < 1.29 is 5.11 Å². The summed E-state index contributed by atoms with van der Waals surface area (Å²) in [6.45, 7) is 4.45. The summed E-state index contributed by atoms with van der Waals surface area (Å²) in [6.07, 6.45) is 1.75. The molecule has 0 saturated carbocycles. The van der Waals surface area contributed by atoms with E-state index in [1.807, 2.05) is 23.9 Å². The van der Waals surface area contributed by atoms with E-state index >= 15 is 0 Å². The van der Waals surface area contributed by atoms with E-state index in [0.29, 0.717) is 5.25 Å². The maximum atomic E-state index is 8.92. The predicted octanol–water partition coefficient (Wildman–Crippen LogP) is 1.52. The third kappa shape index (κ3) is 2.63. The van der Waals surface area contributed by atoms with Crippen molar-refractivity contribution in [1.29, 1.82) is 0 Å². The highest BCUT2D eigenvalue weighted by Gasteiger charge is 2.17. The van der Waals surface area contributed by atoms with Gasteiger partial charge in [0.15, 0.2) is 0 Å². The molecule has 3 nitrogen and oxygen atoms in total. The monoisotopic (exact) mass is 224 g/mol. The number of rotatable bonds is 2. The molecule has 1 saturated heterocycles. The smallest absolute Gasteiger partial charge is 0.128 e. The minimum atomic E-state index is 0.0690. The number of thioether (sulfide) groups is 1. The largest absolute Gasteiger partial charge is 0.392 e. The maximum Gasteiger partial charge on any atom is 0.128 e. The Bertz CT molecular complexity index is 315. The van der Waals surface area contributed by atoms with Gasteiger partial charge in [-0.05, 0) is 11.6 Å². The van der Waals surface area contributed by atoms with Crippen molar-refractivity contribution in [2.75, 3.05) is 23.7 Å². The van der Waals surface area contributed by atoms with Gasteiger partial charge in [0.25, 0.3) is 0 Å². The van der Waals surface area contributed by atoms with Crippen molar-refractivity contribution in [3.05, 3.63) is 23.9 Å². The molecule has 2 rings (SSSR count). The molecule has 0 bridgehead atoms. The Morgan fingerprint density at radius 2 is 2.47 bits per heavy atom. The molecule has 82 valence electrons.